The second kappa shape index (κ2) is 8.53. The van der Waals surface area contributed by atoms with Gasteiger partial charge in [-0.15, -0.1) is 0 Å². The van der Waals surface area contributed by atoms with E-state index in [1.165, 1.54) is 0 Å². The summed E-state index contributed by atoms with van der Waals surface area (Å²) >= 11 is 0. The van der Waals surface area contributed by atoms with E-state index in [1.807, 2.05) is 12.1 Å². The van der Waals surface area contributed by atoms with E-state index in [0.29, 0.717) is 11.8 Å². The maximum absolute atomic E-state index is 11.2. The van der Waals surface area contributed by atoms with Crippen molar-refractivity contribution in [1.29, 1.82) is 0 Å². The summed E-state index contributed by atoms with van der Waals surface area (Å²) in [6, 6.07) is 6.00. The molecular weight excluding hydrogens is 354 g/mol. The molecule has 27 heavy (non-hydrogen) atoms. The lowest BCUT2D eigenvalue weighted by Crippen LogP contribution is -2.61. The first-order valence-electron chi connectivity index (χ1n) is 9.35. The highest BCUT2D eigenvalue weighted by Crippen LogP contribution is 2.32. The van der Waals surface area contributed by atoms with Crippen LogP contribution in [0.5, 0.6) is 5.75 Å². The lowest BCUT2D eigenvalue weighted by molar-refractivity contribution is -0.271. The lowest BCUT2D eigenvalue weighted by Gasteiger charge is -2.39. The lowest BCUT2D eigenvalue weighted by atomic mass is 9.87. The summed E-state index contributed by atoms with van der Waals surface area (Å²) in [5.41, 5.74) is 2.13. The van der Waals surface area contributed by atoms with Gasteiger partial charge in [-0.3, -0.25) is 0 Å². The molecule has 2 aliphatic rings. The quantitative estimate of drug-likeness (QED) is 0.459. The number of aliphatic carboxylic acids is 1. The van der Waals surface area contributed by atoms with Gasteiger partial charge in [0, 0.05) is 6.04 Å². The smallest absolute Gasteiger partial charge is 0.335 e. The molecule has 0 radical (unpaired) electrons. The van der Waals surface area contributed by atoms with Crippen LogP contribution in [0, 0.1) is 0 Å². The summed E-state index contributed by atoms with van der Waals surface area (Å²) in [4.78, 5) is 11.2. The molecule has 0 saturated carbocycles. The Morgan fingerprint density at radius 3 is 2.74 bits per heavy atom. The SMILES string of the molecule is CCCN[C@H]1CCc2c(cccc2O[C@@H]2O[C@H](C(=O)O)[C@@H](O)[C@H](O)[C@H]2O)C1. The molecule has 1 aliphatic carbocycles. The van der Waals surface area contributed by atoms with Crippen LogP contribution in [0.4, 0.5) is 0 Å². The van der Waals surface area contributed by atoms with Crippen molar-refractivity contribution < 1.29 is 34.7 Å². The minimum Gasteiger partial charge on any atom is -0.479 e. The van der Waals surface area contributed by atoms with E-state index in [4.69, 9.17) is 14.6 Å². The maximum Gasteiger partial charge on any atom is 0.335 e. The van der Waals surface area contributed by atoms with Crippen molar-refractivity contribution in [2.75, 3.05) is 6.54 Å². The van der Waals surface area contributed by atoms with Crippen molar-refractivity contribution >= 4 is 5.97 Å². The van der Waals surface area contributed by atoms with E-state index in [1.54, 1.807) is 6.07 Å². The zero-order valence-electron chi connectivity index (χ0n) is 15.2. The summed E-state index contributed by atoms with van der Waals surface area (Å²) in [6.07, 6.45) is -4.36. The Hall–Kier alpha value is -1.71. The van der Waals surface area contributed by atoms with Crippen molar-refractivity contribution in [3.05, 3.63) is 29.3 Å². The van der Waals surface area contributed by atoms with Crippen molar-refractivity contribution in [2.45, 2.75) is 69.4 Å². The molecule has 3 rings (SSSR count). The maximum atomic E-state index is 11.2. The van der Waals surface area contributed by atoms with Crippen LogP contribution in [0.25, 0.3) is 0 Å². The predicted octanol–water partition coefficient (Wildman–Crippen LogP) is -0.185. The number of rotatable bonds is 6. The molecule has 0 spiro atoms. The van der Waals surface area contributed by atoms with Crippen LogP contribution in [-0.2, 0) is 22.4 Å². The summed E-state index contributed by atoms with van der Waals surface area (Å²) in [5, 5.41) is 42.5. The molecule has 8 nitrogen and oxygen atoms in total. The zero-order chi connectivity index (χ0) is 19.6. The minimum absolute atomic E-state index is 0.401. The van der Waals surface area contributed by atoms with Crippen LogP contribution < -0.4 is 10.1 Å². The number of carbonyl (C=O) groups is 1. The van der Waals surface area contributed by atoms with Crippen molar-refractivity contribution in [1.82, 2.24) is 5.32 Å². The van der Waals surface area contributed by atoms with Gasteiger partial charge in [-0.2, -0.15) is 0 Å². The molecule has 0 amide bonds. The van der Waals surface area contributed by atoms with Gasteiger partial charge >= 0.3 is 5.97 Å². The van der Waals surface area contributed by atoms with Crippen LogP contribution in [-0.4, -0.2) is 69.7 Å². The van der Waals surface area contributed by atoms with E-state index < -0.39 is 36.7 Å². The Kier molecular flexibility index (Phi) is 6.33. The summed E-state index contributed by atoms with van der Waals surface area (Å²) in [6.45, 7) is 3.09. The van der Waals surface area contributed by atoms with Gasteiger partial charge in [0.05, 0.1) is 0 Å². The van der Waals surface area contributed by atoms with Gasteiger partial charge in [0.1, 0.15) is 24.1 Å². The number of hydrogen-bond donors (Lipinski definition) is 5. The van der Waals surface area contributed by atoms with Gasteiger partial charge in [-0.1, -0.05) is 19.1 Å². The number of fused-ring (bicyclic) bond motifs is 1. The van der Waals surface area contributed by atoms with Gasteiger partial charge < -0.3 is 35.2 Å². The van der Waals surface area contributed by atoms with Crippen LogP contribution in [0.2, 0.25) is 0 Å². The first-order valence-corrected chi connectivity index (χ1v) is 9.35. The highest BCUT2D eigenvalue weighted by Gasteiger charge is 2.48. The number of ether oxygens (including phenoxy) is 2. The van der Waals surface area contributed by atoms with Crippen molar-refractivity contribution in [2.24, 2.45) is 0 Å². The van der Waals surface area contributed by atoms with E-state index in [-0.39, 0.29) is 0 Å². The molecule has 1 fully saturated rings. The van der Waals surface area contributed by atoms with Crippen LogP contribution in [0.3, 0.4) is 0 Å². The van der Waals surface area contributed by atoms with Crippen LogP contribution in [0.15, 0.2) is 18.2 Å². The highest BCUT2D eigenvalue weighted by atomic mass is 16.7. The Bertz CT molecular complexity index is 667. The van der Waals surface area contributed by atoms with Gasteiger partial charge in [0.15, 0.2) is 6.10 Å². The molecule has 1 saturated heterocycles. The molecule has 5 N–H and O–H groups in total. The second-order valence-corrected chi connectivity index (χ2v) is 7.14. The zero-order valence-corrected chi connectivity index (χ0v) is 15.2. The standard InChI is InChI=1S/C19H27NO7/c1-2-8-20-11-6-7-12-10(9-11)4-3-5-13(12)26-19-16(23)14(21)15(22)17(27-19)18(24)25/h3-5,11,14-17,19-23H,2,6-9H2,1H3,(H,24,25)/t11-,14-,15-,16+,17-,19+/m0/s1. The second-order valence-electron chi connectivity index (χ2n) is 7.14. The van der Waals surface area contributed by atoms with Gasteiger partial charge in [0.2, 0.25) is 6.29 Å². The molecule has 1 aliphatic heterocycles. The molecular formula is C19H27NO7. The highest BCUT2D eigenvalue weighted by molar-refractivity contribution is 5.73. The molecule has 1 aromatic carbocycles. The summed E-state index contributed by atoms with van der Waals surface area (Å²) in [5.74, 6) is -0.930. The Morgan fingerprint density at radius 2 is 2.04 bits per heavy atom. The molecule has 0 bridgehead atoms. The molecule has 8 heteroatoms. The third-order valence-electron chi connectivity index (χ3n) is 5.18. The van der Waals surface area contributed by atoms with Crippen molar-refractivity contribution in [3.63, 3.8) is 0 Å². The van der Waals surface area contributed by atoms with E-state index in [9.17, 15) is 20.1 Å². The van der Waals surface area contributed by atoms with Crippen LogP contribution >= 0.6 is 0 Å². The molecule has 6 atom stereocenters. The predicted molar refractivity (Wildman–Crippen MR) is 95.5 cm³/mol. The number of nitrogens with one attached hydrogen (secondary N) is 1. The number of aliphatic hydroxyl groups is 3. The normalized spacial score (nSPS) is 33.3. The topological polar surface area (TPSA) is 128 Å². The van der Waals surface area contributed by atoms with Gasteiger partial charge in [-0.25, -0.2) is 4.79 Å². The van der Waals surface area contributed by atoms with E-state index in [2.05, 4.69) is 12.2 Å². The molecule has 0 unspecified atom stereocenters. The van der Waals surface area contributed by atoms with Crippen molar-refractivity contribution in [3.8, 4) is 5.75 Å². The third kappa shape index (κ3) is 4.25. The third-order valence-corrected chi connectivity index (χ3v) is 5.18. The van der Waals surface area contributed by atoms with Gasteiger partial charge in [0.25, 0.3) is 0 Å². The fraction of sp³-hybridized carbons (Fsp3) is 0.632. The van der Waals surface area contributed by atoms with Crippen LogP contribution in [0.1, 0.15) is 30.9 Å². The largest absolute Gasteiger partial charge is 0.479 e. The molecule has 150 valence electrons. The van der Waals surface area contributed by atoms with E-state index in [0.717, 1.165) is 43.4 Å². The van der Waals surface area contributed by atoms with Gasteiger partial charge in [-0.05, 0) is 49.4 Å². The van der Waals surface area contributed by atoms with E-state index >= 15 is 0 Å². The molecule has 0 aromatic heterocycles. The number of aliphatic hydroxyl groups excluding tert-OH is 3. The fourth-order valence-electron chi connectivity index (χ4n) is 3.68. The molecule has 1 heterocycles. The Balaban J connectivity index is 1.75. The number of hydrogen-bond acceptors (Lipinski definition) is 7. The Morgan fingerprint density at radius 1 is 1.26 bits per heavy atom. The molecule has 1 aromatic rings. The number of carboxylic acids is 1. The Labute approximate surface area is 157 Å². The monoisotopic (exact) mass is 381 g/mol. The summed E-state index contributed by atoms with van der Waals surface area (Å²) < 4.78 is 11.0. The fourth-order valence-corrected chi connectivity index (χ4v) is 3.68. The first-order chi connectivity index (χ1) is 12.9. The first kappa shape index (κ1) is 20.0. The average molecular weight is 381 g/mol. The minimum atomic E-state index is -1.73. The summed E-state index contributed by atoms with van der Waals surface area (Å²) in [7, 11) is 0. The average Bonchev–Trinajstić information content (AvgIpc) is 2.66. The number of carboxylic acid groups (broad SMARTS) is 1. The number of benzene rings is 1.